The van der Waals surface area contributed by atoms with Crippen LogP contribution in [0.2, 0.25) is 0 Å². The van der Waals surface area contributed by atoms with Gasteiger partial charge in [-0.25, -0.2) is 4.68 Å². The maximum absolute atomic E-state index is 5.91. The first kappa shape index (κ1) is 14.7. The van der Waals surface area contributed by atoms with E-state index in [4.69, 9.17) is 10.5 Å². The van der Waals surface area contributed by atoms with E-state index in [0.29, 0.717) is 13.2 Å². The first-order valence-corrected chi connectivity index (χ1v) is 6.75. The zero-order chi connectivity index (χ0) is 14.4. The molecule has 0 aliphatic heterocycles. The maximum atomic E-state index is 5.91. The van der Waals surface area contributed by atoms with Crippen molar-refractivity contribution < 1.29 is 4.74 Å². The van der Waals surface area contributed by atoms with Crippen LogP contribution < -0.4 is 5.73 Å². The van der Waals surface area contributed by atoms with Gasteiger partial charge in [-0.2, -0.15) is 5.10 Å². The highest BCUT2D eigenvalue weighted by Crippen LogP contribution is 2.18. The molecule has 1 aromatic carbocycles. The Morgan fingerprint density at radius 3 is 2.75 bits per heavy atom. The van der Waals surface area contributed by atoms with Crippen molar-refractivity contribution in [1.29, 1.82) is 0 Å². The van der Waals surface area contributed by atoms with Gasteiger partial charge in [0, 0.05) is 38.0 Å². The molecule has 0 spiro atoms. The molecule has 2 aromatic rings. The second kappa shape index (κ2) is 7.19. The Balaban J connectivity index is 2.14. The fourth-order valence-electron chi connectivity index (χ4n) is 2.19. The normalized spacial score (nSPS) is 12.8. The van der Waals surface area contributed by atoms with Crippen molar-refractivity contribution in [3.8, 4) is 5.69 Å². The van der Waals surface area contributed by atoms with Gasteiger partial charge in [-0.3, -0.25) is 4.90 Å². The van der Waals surface area contributed by atoms with Gasteiger partial charge in [-0.1, -0.05) is 18.2 Å². The minimum absolute atomic E-state index is 0.155. The van der Waals surface area contributed by atoms with Crippen LogP contribution in [0.4, 0.5) is 0 Å². The number of aromatic nitrogens is 2. The van der Waals surface area contributed by atoms with Gasteiger partial charge in [0.15, 0.2) is 0 Å². The highest BCUT2D eigenvalue weighted by molar-refractivity contribution is 5.31. The number of nitrogens with two attached hydrogens (primary N) is 1. The summed E-state index contributed by atoms with van der Waals surface area (Å²) in [5.41, 5.74) is 8.08. The van der Waals surface area contributed by atoms with E-state index in [0.717, 1.165) is 17.8 Å². The molecule has 5 heteroatoms. The van der Waals surface area contributed by atoms with Crippen LogP contribution in [-0.4, -0.2) is 48.5 Å². The number of methoxy groups -OCH3 is 1. The van der Waals surface area contributed by atoms with Gasteiger partial charge in [-0.15, -0.1) is 0 Å². The molecule has 108 valence electrons. The Bertz CT molecular complexity index is 512. The average Bonchev–Trinajstić information content (AvgIpc) is 2.96. The predicted octanol–water partition coefficient (Wildman–Crippen LogP) is 1.45. The number of likely N-dealkylation sites (N-methyl/N-ethyl adjacent to an activating group) is 1. The largest absolute Gasteiger partial charge is 0.383 e. The molecule has 0 saturated heterocycles. The van der Waals surface area contributed by atoms with Crippen molar-refractivity contribution >= 4 is 0 Å². The minimum atomic E-state index is 0.155. The van der Waals surface area contributed by atoms with Crippen LogP contribution in [0.25, 0.3) is 5.69 Å². The van der Waals surface area contributed by atoms with E-state index in [1.165, 1.54) is 0 Å². The Kier molecular flexibility index (Phi) is 5.29. The molecule has 0 aliphatic rings. The van der Waals surface area contributed by atoms with Crippen molar-refractivity contribution in [3.05, 3.63) is 48.3 Å². The summed E-state index contributed by atoms with van der Waals surface area (Å²) in [5, 5.41) is 4.42. The number of nitrogens with zero attached hydrogens (tertiary/aromatic N) is 3. The zero-order valence-corrected chi connectivity index (χ0v) is 12.1. The number of hydrogen-bond donors (Lipinski definition) is 1. The monoisotopic (exact) mass is 274 g/mol. The van der Waals surface area contributed by atoms with E-state index >= 15 is 0 Å². The van der Waals surface area contributed by atoms with Gasteiger partial charge >= 0.3 is 0 Å². The molecule has 2 rings (SSSR count). The third-order valence-electron chi connectivity index (χ3n) is 3.41. The molecular weight excluding hydrogens is 252 g/mol. The van der Waals surface area contributed by atoms with Gasteiger partial charge in [0.05, 0.1) is 18.5 Å². The second-order valence-corrected chi connectivity index (χ2v) is 4.78. The summed E-state index contributed by atoms with van der Waals surface area (Å²) >= 11 is 0. The third kappa shape index (κ3) is 3.45. The van der Waals surface area contributed by atoms with Crippen molar-refractivity contribution in [2.45, 2.75) is 6.04 Å². The Morgan fingerprint density at radius 2 is 2.10 bits per heavy atom. The molecule has 1 aromatic heterocycles. The maximum Gasteiger partial charge on any atom is 0.0645 e. The fraction of sp³-hybridized carbons (Fsp3) is 0.400. The SMILES string of the molecule is COCCN(C)C(CN)c1cnn(-c2ccccc2)c1. The average molecular weight is 274 g/mol. The van der Waals surface area contributed by atoms with Crippen LogP contribution in [0.5, 0.6) is 0 Å². The number of benzene rings is 1. The van der Waals surface area contributed by atoms with E-state index in [9.17, 15) is 0 Å². The lowest BCUT2D eigenvalue weighted by molar-refractivity contribution is 0.140. The summed E-state index contributed by atoms with van der Waals surface area (Å²) in [6.45, 7) is 2.09. The van der Waals surface area contributed by atoms with Gasteiger partial charge in [0.1, 0.15) is 0 Å². The van der Waals surface area contributed by atoms with Crippen molar-refractivity contribution in [2.24, 2.45) is 5.73 Å². The topological polar surface area (TPSA) is 56.3 Å². The van der Waals surface area contributed by atoms with Gasteiger partial charge in [0.2, 0.25) is 0 Å². The van der Waals surface area contributed by atoms with Crippen LogP contribution in [0.1, 0.15) is 11.6 Å². The molecule has 20 heavy (non-hydrogen) atoms. The summed E-state index contributed by atoms with van der Waals surface area (Å²) in [4.78, 5) is 2.19. The molecule has 1 heterocycles. The van der Waals surface area contributed by atoms with Crippen molar-refractivity contribution in [1.82, 2.24) is 14.7 Å². The summed E-state index contributed by atoms with van der Waals surface area (Å²) in [7, 11) is 3.76. The van der Waals surface area contributed by atoms with E-state index in [1.54, 1.807) is 7.11 Å². The molecule has 1 atom stereocenters. The van der Waals surface area contributed by atoms with Gasteiger partial charge in [-0.05, 0) is 19.2 Å². The summed E-state index contributed by atoms with van der Waals surface area (Å²) in [6, 6.07) is 10.2. The molecule has 0 fully saturated rings. The Labute approximate surface area is 119 Å². The smallest absolute Gasteiger partial charge is 0.0645 e. The molecule has 0 aliphatic carbocycles. The Morgan fingerprint density at radius 1 is 1.35 bits per heavy atom. The molecule has 0 radical (unpaired) electrons. The molecule has 0 bridgehead atoms. The van der Waals surface area contributed by atoms with Crippen LogP contribution in [0.15, 0.2) is 42.7 Å². The van der Waals surface area contributed by atoms with E-state index in [1.807, 2.05) is 47.4 Å². The first-order valence-electron chi connectivity index (χ1n) is 6.75. The first-order chi connectivity index (χ1) is 9.76. The van der Waals surface area contributed by atoms with Crippen LogP contribution in [0, 0.1) is 0 Å². The fourth-order valence-corrected chi connectivity index (χ4v) is 2.19. The van der Waals surface area contributed by atoms with Crippen LogP contribution in [-0.2, 0) is 4.74 Å². The van der Waals surface area contributed by atoms with Gasteiger partial charge < -0.3 is 10.5 Å². The zero-order valence-electron chi connectivity index (χ0n) is 12.1. The van der Waals surface area contributed by atoms with Gasteiger partial charge in [0.25, 0.3) is 0 Å². The third-order valence-corrected chi connectivity index (χ3v) is 3.41. The molecule has 2 N–H and O–H groups in total. The Hall–Kier alpha value is -1.69. The number of ether oxygens (including phenoxy) is 1. The molecule has 1 unspecified atom stereocenters. The standard InChI is InChI=1S/C15H22N4O/c1-18(8-9-20-2)15(10-16)13-11-17-19(12-13)14-6-4-3-5-7-14/h3-7,11-12,15H,8-10,16H2,1-2H3. The minimum Gasteiger partial charge on any atom is -0.383 e. The van der Waals surface area contributed by atoms with Crippen molar-refractivity contribution in [2.75, 3.05) is 33.9 Å². The molecular formula is C15H22N4O. The summed E-state index contributed by atoms with van der Waals surface area (Å²) in [5.74, 6) is 0. The lowest BCUT2D eigenvalue weighted by atomic mass is 10.1. The van der Waals surface area contributed by atoms with Crippen molar-refractivity contribution in [3.63, 3.8) is 0 Å². The summed E-state index contributed by atoms with van der Waals surface area (Å²) in [6.07, 6.45) is 3.92. The molecule has 5 nitrogen and oxygen atoms in total. The second-order valence-electron chi connectivity index (χ2n) is 4.78. The molecule has 0 saturated carbocycles. The van der Waals surface area contributed by atoms with E-state index in [-0.39, 0.29) is 6.04 Å². The van der Waals surface area contributed by atoms with E-state index < -0.39 is 0 Å². The lowest BCUT2D eigenvalue weighted by Crippen LogP contribution is -2.32. The summed E-state index contributed by atoms with van der Waals surface area (Å²) < 4.78 is 6.99. The number of rotatable bonds is 7. The quantitative estimate of drug-likeness (QED) is 0.830. The number of hydrogen-bond acceptors (Lipinski definition) is 4. The van der Waals surface area contributed by atoms with Crippen LogP contribution in [0.3, 0.4) is 0 Å². The van der Waals surface area contributed by atoms with Crippen LogP contribution >= 0.6 is 0 Å². The lowest BCUT2D eigenvalue weighted by Gasteiger charge is -2.25. The highest BCUT2D eigenvalue weighted by atomic mass is 16.5. The van der Waals surface area contributed by atoms with E-state index in [2.05, 4.69) is 17.0 Å². The predicted molar refractivity (Wildman–Crippen MR) is 79.9 cm³/mol. The highest BCUT2D eigenvalue weighted by Gasteiger charge is 2.17. The number of para-hydroxylation sites is 1. The molecule has 0 amide bonds.